The molecular weight excluding hydrogens is 270 g/mol. The summed E-state index contributed by atoms with van der Waals surface area (Å²) in [5.74, 6) is -1.04. The summed E-state index contributed by atoms with van der Waals surface area (Å²) in [6.45, 7) is 4.24. The van der Waals surface area contributed by atoms with Gasteiger partial charge in [-0.1, -0.05) is 44.2 Å². The molecule has 0 aliphatic rings. The number of halogens is 2. The van der Waals surface area contributed by atoms with Crippen molar-refractivity contribution in [1.82, 2.24) is 0 Å². The van der Waals surface area contributed by atoms with Crippen molar-refractivity contribution in [3.63, 3.8) is 0 Å². The van der Waals surface area contributed by atoms with E-state index in [9.17, 15) is 13.6 Å². The quantitative estimate of drug-likeness (QED) is 0.715. The lowest BCUT2D eigenvalue weighted by molar-refractivity contribution is 0.0991. The summed E-state index contributed by atoms with van der Waals surface area (Å²) in [5, 5.41) is 0. The molecule has 21 heavy (non-hydrogen) atoms. The molecule has 1 nitrogen and oxygen atoms in total. The number of carbonyl (C=O) groups is 1. The predicted octanol–water partition coefficient (Wildman–Crippen LogP) is 4.90. The molecule has 2 rings (SSSR count). The van der Waals surface area contributed by atoms with Crippen molar-refractivity contribution in [3.8, 4) is 0 Å². The predicted molar refractivity (Wildman–Crippen MR) is 79.5 cm³/mol. The lowest BCUT2D eigenvalue weighted by atomic mass is 9.95. The van der Waals surface area contributed by atoms with Crippen LogP contribution in [0.3, 0.4) is 0 Å². The van der Waals surface area contributed by atoms with Gasteiger partial charge in [-0.3, -0.25) is 4.79 Å². The Hall–Kier alpha value is -2.03. The molecule has 0 aliphatic heterocycles. The lowest BCUT2D eigenvalue weighted by Crippen LogP contribution is -2.06. The molecule has 0 bridgehead atoms. The second kappa shape index (κ2) is 6.61. The normalized spacial score (nSPS) is 12.2. The van der Waals surface area contributed by atoms with E-state index >= 15 is 0 Å². The van der Waals surface area contributed by atoms with Crippen molar-refractivity contribution in [2.75, 3.05) is 0 Å². The minimum Gasteiger partial charge on any atom is -0.294 e. The Morgan fingerprint density at radius 1 is 1.10 bits per heavy atom. The Labute approximate surface area is 123 Å². The average Bonchev–Trinajstić information content (AvgIpc) is 2.49. The highest BCUT2D eigenvalue weighted by Gasteiger charge is 2.12. The molecule has 0 spiro atoms. The van der Waals surface area contributed by atoms with E-state index < -0.39 is 11.6 Å². The van der Waals surface area contributed by atoms with Gasteiger partial charge >= 0.3 is 0 Å². The first kappa shape index (κ1) is 15.4. The van der Waals surface area contributed by atoms with Crippen LogP contribution in [-0.2, 0) is 6.42 Å². The first-order chi connectivity index (χ1) is 10.0. The minimum absolute atomic E-state index is 0.0607. The Balaban J connectivity index is 2.13. The highest BCUT2D eigenvalue weighted by Crippen LogP contribution is 2.20. The van der Waals surface area contributed by atoms with Crippen molar-refractivity contribution in [1.29, 1.82) is 0 Å². The number of rotatable bonds is 5. The number of hydrogen-bond donors (Lipinski definition) is 0. The zero-order chi connectivity index (χ0) is 15.4. The number of hydrogen-bond acceptors (Lipinski definition) is 1. The minimum atomic E-state index is -0.681. The number of ketones is 1. The highest BCUT2D eigenvalue weighted by atomic mass is 19.1. The van der Waals surface area contributed by atoms with E-state index in [1.807, 2.05) is 12.1 Å². The fraction of sp³-hybridized carbons (Fsp3) is 0.278. The smallest absolute Gasteiger partial charge is 0.167 e. The summed E-state index contributed by atoms with van der Waals surface area (Å²) in [4.78, 5) is 12.1. The van der Waals surface area contributed by atoms with Crippen LogP contribution in [-0.4, -0.2) is 5.78 Å². The van der Waals surface area contributed by atoms with Gasteiger partial charge in [0.1, 0.15) is 11.6 Å². The molecule has 0 fully saturated rings. The molecule has 0 aliphatic carbocycles. The summed E-state index contributed by atoms with van der Waals surface area (Å²) in [6, 6.07) is 10.7. The summed E-state index contributed by atoms with van der Waals surface area (Å²) in [6.07, 6.45) is 0.975. The third-order valence-corrected chi connectivity index (χ3v) is 3.78. The standard InChI is InChI=1S/C18H18F2O/c1-3-12(2)13-4-6-14(7-5-13)18(21)10-15-8-9-16(19)11-17(15)20/h4-9,11-12H,3,10H2,1-2H3. The second-order valence-corrected chi connectivity index (χ2v) is 5.27. The molecule has 0 saturated heterocycles. The van der Waals surface area contributed by atoms with E-state index in [1.54, 1.807) is 12.1 Å². The van der Waals surface area contributed by atoms with E-state index in [2.05, 4.69) is 13.8 Å². The number of carbonyl (C=O) groups excluding carboxylic acids is 1. The molecule has 110 valence electrons. The third kappa shape index (κ3) is 3.75. The van der Waals surface area contributed by atoms with Gasteiger partial charge in [0.25, 0.3) is 0 Å². The summed E-state index contributed by atoms with van der Waals surface area (Å²) in [5.41, 5.74) is 1.94. The second-order valence-electron chi connectivity index (χ2n) is 5.27. The zero-order valence-corrected chi connectivity index (χ0v) is 12.2. The SMILES string of the molecule is CCC(C)c1ccc(C(=O)Cc2ccc(F)cc2F)cc1. The van der Waals surface area contributed by atoms with Crippen LogP contribution in [0.25, 0.3) is 0 Å². The largest absolute Gasteiger partial charge is 0.294 e. The van der Waals surface area contributed by atoms with Gasteiger partial charge in [-0.05, 0) is 29.5 Å². The van der Waals surface area contributed by atoms with Gasteiger partial charge in [-0.25, -0.2) is 8.78 Å². The Morgan fingerprint density at radius 2 is 1.76 bits per heavy atom. The van der Waals surface area contributed by atoms with Crippen LogP contribution in [0.2, 0.25) is 0 Å². The van der Waals surface area contributed by atoms with E-state index in [1.165, 1.54) is 11.6 Å². The van der Waals surface area contributed by atoms with Gasteiger partial charge < -0.3 is 0 Å². The molecule has 3 heteroatoms. The summed E-state index contributed by atoms with van der Waals surface area (Å²) in [7, 11) is 0. The molecule has 0 radical (unpaired) electrons. The van der Waals surface area contributed by atoms with Gasteiger partial charge in [-0.15, -0.1) is 0 Å². The van der Waals surface area contributed by atoms with Crippen molar-refractivity contribution in [3.05, 3.63) is 70.8 Å². The molecule has 0 saturated carbocycles. The van der Waals surface area contributed by atoms with Gasteiger partial charge in [0.2, 0.25) is 0 Å². The fourth-order valence-electron chi connectivity index (χ4n) is 2.17. The fourth-order valence-corrected chi connectivity index (χ4v) is 2.17. The molecular formula is C18H18F2O. The highest BCUT2D eigenvalue weighted by molar-refractivity contribution is 5.97. The maximum atomic E-state index is 13.6. The summed E-state index contributed by atoms with van der Waals surface area (Å²) < 4.78 is 26.4. The molecule has 1 atom stereocenters. The van der Waals surface area contributed by atoms with Crippen LogP contribution >= 0.6 is 0 Å². The van der Waals surface area contributed by atoms with E-state index in [0.717, 1.165) is 18.6 Å². The Kier molecular flexibility index (Phi) is 4.84. The van der Waals surface area contributed by atoms with Crippen molar-refractivity contribution in [2.45, 2.75) is 32.6 Å². The molecule has 2 aromatic carbocycles. The number of benzene rings is 2. The van der Waals surface area contributed by atoms with Crippen LogP contribution in [0.5, 0.6) is 0 Å². The van der Waals surface area contributed by atoms with Gasteiger partial charge in [0, 0.05) is 18.1 Å². The molecule has 0 amide bonds. The molecule has 1 unspecified atom stereocenters. The number of Topliss-reactive ketones (excluding diaryl/α,β-unsaturated/α-hetero) is 1. The lowest BCUT2D eigenvalue weighted by Gasteiger charge is -2.09. The first-order valence-corrected chi connectivity index (χ1v) is 7.08. The van der Waals surface area contributed by atoms with Crippen molar-refractivity contribution >= 4 is 5.78 Å². The monoisotopic (exact) mass is 288 g/mol. The van der Waals surface area contributed by atoms with Crippen LogP contribution < -0.4 is 0 Å². The van der Waals surface area contributed by atoms with Crippen LogP contribution in [0, 0.1) is 11.6 Å². The average molecular weight is 288 g/mol. The molecule has 0 N–H and O–H groups in total. The molecule has 0 heterocycles. The Bertz CT molecular complexity index is 632. The van der Waals surface area contributed by atoms with Gasteiger partial charge in [0.15, 0.2) is 5.78 Å². The van der Waals surface area contributed by atoms with E-state index in [0.29, 0.717) is 11.5 Å². The molecule has 2 aromatic rings. The van der Waals surface area contributed by atoms with Crippen LogP contribution in [0.15, 0.2) is 42.5 Å². The first-order valence-electron chi connectivity index (χ1n) is 7.08. The summed E-state index contributed by atoms with van der Waals surface area (Å²) >= 11 is 0. The van der Waals surface area contributed by atoms with Crippen molar-refractivity contribution in [2.24, 2.45) is 0 Å². The van der Waals surface area contributed by atoms with E-state index in [4.69, 9.17) is 0 Å². The van der Waals surface area contributed by atoms with Gasteiger partial charge in [-0.2, -0.15) is 0 Å². The van der Waals surface area contributed by atoms with E-state index in [-0.39, 0.29) is 17.8 Å². The third-order valence-electron chi connectivity index (χ3n) is 3.78. The van der Waals surface area contributed by atoms with Gasteiger partial charge in [0.05, 0.1) is 0 Å². The van der Waals surface area contributed by atoms with Crippen molar-refractivity contribution < 1.29 is 13.6 Å². The maximum Gasteiger partial charge on any atom is 0.167 e. The zero-order valence-electron chi connectivity index (χ0n) is 12.2. The van der Waals surface area contributed by atoms with Crippen LogP contribution in [0.1, 0.15) is 47.7 Å². The van der Waals surface area contributed by atoms with Crippen LogP contribution in [0.4, 0.5) is 8.78 Å². The Morgan fingerprint density at radius 3 is 2.33 bits per heavy atom. The topological polar surface area (TPSA) is 17.1 Å². The maximum absolute atomic E-state index is 13.6. The molecule has 0 aromatic heterocycles.